The Hall–Kier alpha value is -3.96. The van der Waals surface area contributed by atoms with Crippen LogP contribution in [0.4, 0.5) is 0 Å². The molecule has 0 aliphatic carbocycles. The molecule has 2 aliphatic rings. The Morgan fingerprint density at radius 3 is 2.52 bits per heavy atom. The number of carbonyl (C=O) groups is 4. The summed E-state index contributed by atoms with van der Waals surface area (Å²) in [6.45, 7) is 8.60. The maximum atomic E-state index is 13.5. The number of morpholine rings is 1. The number of amides is 4. The fourth-order valence-electron chi connectivity index (χ4n) is 5.30. The predicted octanol–water partition coefficient (Wildman–Crippen LogP) is 2.10. The predicted molar refractivity (Wildman–Crippen MR) is 166 cm³/mol. The second kappa shape index (κ2) is 16.2. The van der Waals surface area contributed by atoms with Gasteiger partial charge in [0.05, 0.1) is 25.3 Å². The summed E-state index contributed by atoms with van der Waals surface area (Å²) in [6.07, 6.45) is 0.708. The molecule has 2 aromatic carbocycles. The van der Waals surface area contributed by atoms with Crippen molar-refractivity contribution >= 4 is 23.6 Å². The van der Waals surface area contributed by atoms with E-state index < -0.39 is 23.9 Å². The second-order valence-corrected chi connectivity index (χ2v) is 11.5. The minimum Gasteiger partial charge on any atom is -0.491 e. The Morgan fingerprint density at radius 1 is 1.00 bits per heavy atom. The highest BCUT2D eigenvalue weighted by atomic mass is 16.5. The van der Waals surface area contributed by atoms with Gasteiger partial charge in [0.15, 0.2) is 0 Å². The van der Waals surface area contributed by atoms with E-state index in [-0.39, 0.29) is 55.8 Å². The molecule has 1 saturated heterocycles. The third-order valence-corrected chi connectivity index (χ3v) is 8.24. The smallest absolute Gasteiger partial charge is 0.255 e. The van der Waals surface area contributed by atoms with Gasteiger partial charge in [-0.1, -0.05) is 56.7 Å². The van der Waals surface area contributed by atoms with Gasteiger partial charge in [-0.05, 0) is 35.6 Å². The number of nitrogens with zero attached hydrogens (tertiary/aromatic N) is 2. The van der Waals surface area contributed by atoms with Crippen molar-refractivity contribution in [3.8, 4) is 5.75 Å². The highest BCUT2D eigenvalue weighted by Crippen LogP contribution is 2.19. The number of ether oxygens (including phenoxy) is 2. The maximum Gasteiger partial charge on any atom is 0.255 e. The summed E-state index contributed by atoms with van der Waals surface area (Å²) in [5, 5.41) is 8.64. The van der Waals surface area contributed by atoms with Crippen molar-refractivity contribution in [2.75, 3.05) is 46.5 Å². The number of para-hydroxylation sites is 1. The van der Waals surface area contributed by atoms with Crippen molar-refractivity contribution in [3.05, 3.63) is 65.2 Å². The van der Waals surface area contributed by atoms with Gasteiger partial charge in [0.25, 0.3) is 5.91 Å². The molecule has 4 amide bonds. The molecule has 3 atom stereocenters. The van der Waals surface area contributed by atoms with E-state index in [0.29, 0.717) is 12.2 Å². The van der Waals surface area contributed by atoms with Gasteiger partial charge in [0.2, 0.25) is 17.7 Å². The first kappa shape index (κ1) is 32.9. The molecule has 4 rings (SSSR count). The molecule has 238 valence electrons. The summed E-state index contributed by atoms with van der Waals surface area (Å²) in [6, 6.07) is 13.1. The summed E-state index contributed by atoms with van der Waals surface area (Å²) in [5.74, 6) is -1.19. The third kappa shape index (κ3) is 9.27. The summed E-state index contributed by atoms with van der Waals surface area (Å²) in [5.41, 5.74) is 2.35. The summed E-state index contributed by atoms with van der Waals surface area (Å²) in [4.78, 5) is 57.1. The van der Waals surface area contributed by atoms with Crippen molar-refractivity contribution < 1.29 is 28.7 Å². The molecule has 0 radical (unpaired) electrons. The van der Waals surface area contributed by atoms with E-state index >= 15 is 0 Å². The number of likely N-dealkylation sites (N-methyl/N-ethyl adjacent to an activating group) is 1. The first-order chi connectivity index (χ1) is 21.2. The number of hydrogen-bond donors (Lipinski definition) is 3. The number of rotatable bonds is 7. The first-order valence-corrected chi connectivity index (χ1v) is 15.5. The minimum atomic E-state index is -0.983. The molecule has 3 N–H and O–H groups in total. The largest absolute Gasteiger partial charge is 0.491 e. The highest BCUT2D eigenvalue weighted by molar-refractivity contribution is 5.99. The zero-order chi connectivity index (χ0) is 31.5. The van der Waals surface area contributed by atoms with Gasteiger partial charge in [-0.25, -0.2) is 0 Å². The highest BCUT2D eigenvalue weighted by Gasteiger charge is 2.30. The van der Waals surface area contributed by atoms with Gasteiger partial charge >= 0.3 is 0 Å². The van der Waals surface area contributed by atoms with Crippen molar-refractivity contribution in [1.82, 2.24) is 25.8 Å². The van der Waals surface area contributed by atoms with Crippen LogP contribution in [0, 0.1) is 5.92 Å². The van der Waals surface area contributed by atoms with Crippen molar-refractivity contribution in [1.29, 1.82) is 0 Å². The van der Waals surface area contributed by atoms with Crippen molar-refractivity contribution in [2.45, 2.75) is 58.3 Å². The van der Waals surface area contributed by atoms with Gasteiger partial charge in [0.1, 0.15) is 24.4 Å². The Kier molecular flexibility index (Phi) is 12.1. The lowest BCUT2D eigenvalue weighted by Gasteiger charge is -2.28. The van der Waals surface area contributed by atoms with Gasteiger partial charge in [-0.2, -0.15) is 0 Å². The first-order valence-electron chi connectivity index (χ1n) is 15.5. The quantitative estimate of drug-likeness (QED) is 0.440. The van der Waals surface area contributed by atoms with Crippen LogP contribution in [0.15, 0.2) is 48.5 Å². The van der Waals surface area contributed by atoms with Crippen molar-refractivity contribution in [2.24, 2.45) is 5.92 Å². The van der Waals surface area contributed by atoms with Gasteiger partial charge in [0, 0.05) is 39.6 Å². The van der Waals surface area contributed by atoms with E-state index in [0.717, 1.165) is 44.0 Å². The van der Waals surface area contributed by atoms with Gasteiger partial charge in [-0.3, -0.25) is 24.1 Å². The molecular formula is C33H45N5O6. The average Bonchev–Trinajstić information content (AvgIpc) is 3.04. The van der Waals surface area contributed by atoms with E-state index in [1.54, 1.807) is 31.3 Å². The lowest BCUT2D eigenvalue weighted by Crippen LogP contribution is -2.52. The lowest BCUT2D eigenvalue weighted by molar-refractivity contribution is -0.137. The number of nitrogens with one attached hydrogen (secondary N) is 3. The normalized spacial score (nSPS) is 21.5. The standard InChI is InChI=1S/C33H45N5O6/c1-4-23(2)30-33(42)37(3)14-19-44-28-11-6-5-10-26(28)31(40)35-27(12-13-29(39)36-30)32(41)34-21-24-8-7-9-25(20-24)22-38-15-17-43-18-16-38/h5-11,20,23,27,30H,4,12-19,21-22H2,1-3H3,(H,34,41)(H,35,40)(H,36,39)/t23-,27-,30-/m0/s1. The number of hydrogen-bond acceptors (Lipinski definition) is 7. The molecule has 11 heteroatoms. The summed E-state index contributed by atoms with van der Waals surface area (Å²) in [7, 11) is 1.67. The number of fused-ring (bicyclic) bond motifs is 1. The van der Waals surface area contributed by atoms with Gasteiger partial charge < -0.3 is 30.3 Å². The van der Waals surface area contributed by atoms with Crippen molar-refractivity contribution in [3.63, 3.8) is 0 Å². The Balaban J connectivity index is 1.49. The second-order valence-electron chi connectivity index (χ2n) is 11.5. The van der Waals surface area contributed by atoms with Crippen LogP contribution < -0.4 is 20.7 Å². The lowest BCUT2D eigenvalue weighted by atomic mass is 9.97. The molecule has 0 unspecified atom stereocenters. The van der Waals surface area contributed by atoms with E-state index in [2.05, 4.69) is 33.0 Å². The minimum absolute atomic E-state index is 0.0462. The third-order valence-electron chi connectivity index (χ3n) is 8.24. The van der Waals surface area contributed by atoms with Crippen LogP contribution in [0.25, 0.3) is 0 Å². The Bertz CT molecular complexity index is 1300. The maximum absolute atomic E-state index is 13.5. The van der Waals surface area contributed by atoms with Crippen LogP contribution in [-0.4, -0.2) is 92.0 Å². The summed E-state index contributed by atoms with van der Waals surface area (Å²) < 4.78 is 11.4. The van der Waals surface area contributed by atoms with Crippen LogP contribution in [0.3, 0.4) is 0 Å². The number of benzene rings is 2. The van der Waals surface area contributed by atoms with Crippen LogP contribution in [0.1, 0.15) is 54.6 Å². The molecule has 0 aromatic heterocycles. The van der Waals surface area contributed by atoms with Gasteiger partial charge in [-0.15, -0.1) is 0 Å². The molecule has 1 fully saturated rings. The molecule has 2 aromatic rings. The molecule has 44 heavy (non-hydrogen) atoms. The molecule has 2 aliphatic heterocycles. The molecule has 11 nitrogen and oxygen atoms in total. The topological polar surface area (TPSA) is 129 Å². The van der Waals surface area contributed by atoms with Crippen LogP contribution in [0.2, 0.25) is 0 Å². The van der Waals surface area contributed by atoms with E-state index in [9.17, 15) is 19.2 Å². The van der Waals surface area contributed by atoms with Crippen LogP contribution in [0.5, 0.6) is 5.75 Å². The zero-order valence-electron chi connectivity index (χ0n) is 26.0. The SMILES string of the molecule is CC[C@H](C)[C@@H]1NC(=O)CC[C@@H](C(=O)NCc2cccc(CN3CCOCC3)c2)NC(=O)c2ccccc2OCCN(C)C1=O. The monoisotopic (exact) mass is 607 g/mol. The fraction of sp³-hybridized carbons (Fsp3) is 0.515. The molecule has 0 bridgehead atoms. The molecular weight excluding hydrogens is 562 g/mol. The Labute approximate surface area is 259 Å². The van der Waals surface area contributed by atoms with E-state index in [4.69, 9.17) is 9.47 Å². The molecule has 0 saturated carbocycles. The van der Waals surface area contributed by atoms with Crippen LogP contribution in [-0.2, 0) is 32.2 Å². The summed E-state index contributed by atoms with van der Waals surface area (Å²) >= 11 is 0. The molecule has 0 spiro atoms. The van der Waals surface area contributed by atoms with E-state index in [1.807, 2.05) is 26.0 Å². The van der Waals surface area contributed by atoms with Crippen LogP contribution >= 0.6 is 0 Å². The molecule has 2 heterocycles. The Morgan fingerprint density at radius 2 is 1.75 bits per heavy atom. The zero-order valence-corrected chi connectivity index (χ0v) is 26.0. The van der Waals surface area contributed by atoms with E-state index in [1.165, 1.54) is 4.90 Å². The number of carbonyl (C=O) groups excluding carboxylic acids is 4. The fourth-order valence-corrected chi connectivity index (χ4v) is 5.30. The average molecular weight is 608 g/mol.